The van der Waals surface area contributed by atoms with Gasteiger partial charge in [-0.15, -0.1) is 0 Å². The molecule has 1 unspecified atom stereocenters. The SMILES string of the molecule is CCOC(=O)C(Nc1ccc(OC)cc1)C12CC3CC(CC(C3)C1)C2. The summed E-state index contributed by atoms with van der Waals surface area (Å²) < 4.78 is 10.7. The van der Waals surface area contributed by atoms with Crippen molar-refractivity contribution in [2.45, 2.75) is 51.5 Å². The fraction of sp³-hybridized carbons (Fsp3) is 0.667. The number of benzene rings is 1. The Labute approximate surface area is 150 Å². The summed E-state index contributed by atoms with van der Waals surface area (Å²) in [5, 5.41) is 3.54. The zero-order valence-electron chi connectivity index (χ0n) is 15.3. The largest absolute Gasteiger partial charge is 0.497 e. The van der Waals surface area contributed by atoms with Crippen molar-refractivity contribution in [2.75, 3.05) is 19.0 Å². The molecule has 0 amide bonds. The molecule has 1 atom stereocenters. The van der Waals surface area contributed by atoms with Gasteiger partial charge in [0.05, 0.1) is 13.7 Å². The molecule has 25 heavy (non-hydrogen) atoms. The fourth-order valence-corrected chi connectivity index (χ4v) is 6.07. The van der Waals surface area contributed by atoms with Gasteiger partial charge in [-0.2, -0.15) is 0 Å². The molecule has 1 aromatic rings. The molecule has 1 aromatic carbocycles. The van der Waals surface area contributed by atoms with E-state index in [2.05, 4.69) is 5.32 Å². The Kier molecular flexibility index (Phi) is 4.38. The molecule has 4 nitrogen and oxygen atoms in total. The first-order chi connectivity index (χ1) is 12.1. The van der Waals surface area contributed by atoms with Gasteiger partial charge < -0.3 is 14.8 Å². The Morgan fingerprint density at radius 1 is 1.12 bits per heavy atom. The highest BCUT2D eigenvalue weighted by Gasteiger charge is 2.56. The van der Waals surface area contributed by atoms with Crippen molar-refractivity contribution in [3.05, 3.63) is 24.3 Å². The molecule has 4 aliphatic rings. The minimum Gasteiger partial charge on any atom is -0.497 e. The Morgan fingerprint density at radius 2 is 1.68 bits per heavy atom. The second-order valence-electron chi connectivity index (χ2n) is 8.34. The van der Waals surface area contributed by atoms with Crippen LogP contribution in [0.15, 0.2) is 24.3 Å². The quantitative estimate of drug-likeness (QED) is 0.784. The second kappa shape index (κ2) is 6.54. The van der Waals surface area contributed by atoms with E-state index in [0.29, 0.717) is 6.61 Å². The molecule has 1 N–H and O–H groups in total. The van der Waals surface area contributed by atoms with Crippen LogP contribution in [0, 0.1) is 23.2 Å². The van der Waals surface area contributed by atoms with Crippen LogP contribution in [0.1, 0.15) is 45.4 Å². The third kappa shape index (κ3) is 3.11. The summed E-state index contributed by atoms with van der Waals surface area (Å²) in [5.74, 6) is 3.16. The topological polar surface area (TPSA) is 47.6 Å². The minimum atomic E-state index is -0.241. The molecule has 4 aliphatic carbocycles. The summed E-state index contributed by atoms with van der Waals surface area (Å²) in [6.07, 6.45) is 7.63. The van der Waals surface area contributed by atoms with Gasteiger partial charge in [0.15, 0.2) is 0 Å². The van der Waals surface area contributed by atoms with Gasteiger partial charge in [0, 0.05) is 11.1 Å². The Balaban J connectivity index is 1.60. The van der Waals surface area contributed by atoms with E-state index >= 15 is 0 Å². The van der Waals surface area contributed by atoms with Crippen molar-refractivity contribution in [2.24, 2.45) is 23.2 Å². The molecule has 4 saturated carbocycles. The van der Waals surface area contributed by atoms with E-state index in [9.17, 15) is 4.79 Å². The van der Waals surface area contributed by atoms with Gasteiger partial charge in [-0.1, -0.05) is 0 Å². The number of methoxy groups -OCH3 is 1. The lowest BCUT2D eigenvalue weighted by atomic mass is 9.47. The average Bonchev–Trinajstić information content (AvgIpc) is 2.59. The first-order valence-electron chi connectivity index (χ1n) is 9.69. The molecular weight excluding hydrogens is 314 g/mol. The average molecular weight is 343 g/mol. The number of ether oxygens (including phenoxy) is 2. The number of nitrogens with one attached hydrogen (secondary N) is 1. The van der Waals surface area contributed by atoms with E-state index in [1.807, 2.05) is 31.2 Å². The minimum absolute atomic E-state index is 0.0704. The molecule has 4 bridgehead atoms. The van der Waals surface area contributed by atoms with E-state index in [4.69, 9.17) is 9.47 Å². The lowest BCUT2D eigenvalue weighted by molar-refractivity contribution is -0.153. The van der Waals surface area contributed by atoms with E-state index in [1.165, 1.54) is 38.5 Å². The number of carbonyl (C=O) groups is 1. The van der Waals surface area contributed by atoms with Gasteiger partial charge in [-0.05, 0) is 87.5 Å². The van der Waals surface area contributed by atoms with Gasteiger partial charge in [0.1, 0.15) is 11.8 Å². The van der Waals surface area contributed by atoms with Crippen LogP contribution >= 0.6 is 0 Å². The standard InChI is InChI=1S/C21H29NO3/c1-3-25-20(23)19(22-17-4-6-18(24-2)7-5-17)21-11-14-8-15(12-21)10-16(9-14)13-21/h4-7,14-16,19,22H,3,8-13H2,1-2H3. The highest BCUT2D eigenvalue weighted by Crippen LogP contribution is 2.61. The molecule has 0 radical (unpaired) electrons. The van der Waals surface area contributed by atoms with Crippen LogP contribution in [-0.4, -0.2) is 25.7 Å². The predicted octanol–water partition coefficient (Wildman–Crippen LogP) is 4.26. The number of esters is 1. The Bertz CT molecular complexity index is 589. The van der Waals surface area contributed by atoms with Gasteiger partial charge in [0.25, 0.3) is 0 Å². The zero-order valence-corrected chi connectivity index (χ0v) is 15.3. The number of anilines is 1. The van der Waals surface area contributed by atoms with Crippen molar-refractivity contribution < 1.29 is 14.3 Å². The summed E-state index contributed by atoms with van der Waals surface area (Å²) in [7, 11) is 1.67. The number of rotatable bonds is 6. The van der Waals surface area contributed by atoms with Crippen LogP contribution in [0.4, 0.5) is 5.69 Å². The van der Waals surface area contributed by atoms with Crippen LogP contribution < -0.4 is 10.1 Å². The normalized spacial score (nSPS) is 33.8. The van der Waals surface area contributed by atoms with Gasteiger partial charge in [-0.25, -0.2) is 4.79 Å². The molecule has 136 valence electrons. The van der Waals surface area contributed by atoms with Crippen molar-refractivity contribution in [3.63, 3.8) is 0 Å². The molecule has 0 saturated heterocycles. The van der Waals surface area contributed by atoms with Gasteiger partial charge in [0.2, 0.25) is 0 Å². The molecular formula is C21H29NO3. The number of carbonyl (C=O) groups excluding carboxylic acids is 1. The maximum absolute atomic E-state index is 12.9. The van der Waals surface area contributed by atoms with E-state index in [0.717, 1.165) is 29.2 Å². The Hall–Kier alpha value is -1.71. The van der Waals surface area contributed by atoms with E-state index in [1.54, 1.807) is 7.11 Å². The summed E-state index contributed by atoms with van der Waals surface area (Å²) in [5.41, 5.74) is 1.04. The lowest BCUT2D eigenvalue weighted by Gasteiger charge is -2.58. The first kappa shape index (κ1) is 16.7. The van der Waals surface area contributed by atoms with Crippen LogP contribution in [0.2, 0.25) is 0 Å². The molecule has 0 aromatic heterocycles. The van der Waals surface area contributed by atoms with Crippen molar-refractivity contribution >= 4 is 11.7 Å². The molecule has 4 heteroatoms. The third-order valence-corrected chi connectivity index (χ3v) is 6.62. The monoisotopic (exact) mass is 343 g/mol. The fourth-order valence-electron chi connectivity index (χ4n) is 6.07. The van der Waals surface area contributed by atoms with Crippen molar-refractivity contribution in [1.82, 2.24) is 0 Å². The maximum atomic E-state index is 12.9. The smallest absolute Gasteiger partial charge is 0.329 e. The van der Waals surface area contributed by atoms with Crippen molar-refractivity contribution in [1.29, 1.82) is 0 Å². The maximum Gasteiger partial charge on any atom is 0.329 e. The molecule has 0 heterocycles. The third-order valence-electron chi connectivity index (χ3n) is 6.62. The molecule has 0 spiro atoms. The first-order valence-corrected chi connectivity index (χ1v) is 9.69. The summed E-state index contributed by atoms with van der Waals surface area (Å²) in [6, 6.07) is 7.61. The zero-order chi connectivity index (χ0) is 17.4. The van der Waals surface area contributed by atoms with Crippen molar-refractivity contribution in [3.8, 4) is 5.75 Å². The summed E-state index contributed by atoms with van der Waals surface area (Å²) >= 11 is 0. The molecule has 0 aliphatic heterocycles. The Morgan fingerprint density at radius 3 is 2.16 bits per heavy atom. The lowest BCUT2D eigenvalue weighted by Crippen LogP contribution is -2.56. The second-order valence-corrected chi connectivity index (χ2v) is 8.34. The van der Waals surface area contributed by atoms with Crippen LogP contribution in [0.25, 0.3) is 0 Å². The van der Waals surface area contributed by atoms with Crippen LogP contribution in [0.3, 0.4) is 0 Å². The van der Waals surface area contributed by atoms with E-state index in [-0.39, 0.29) is 17.4 Å². The van der Waals surface area contributed by atoms with Crippen LogP contribution in [0.5, 0.6) is 5.75 Å². The van der Waals surface area contributed by atoms with E-state index < -0.39 is 0 Å². The molecule has 5 rings (SSSR count). The highest BCUT2D eigenvalue weighted by molar-refractivity contribution is 5.80. The molecule has 4 fully saturated rings. The van der Waals surface area contributed by atoms with Gasteiger partial charge in [-0.3, -0.25) is 0 Å². The summed E-state index contributed by atoms with van der Waals surface area (Å²) in [4.78, 5) is 12.9. The van der Waals surface area contributed by atoms with Crippen LogP contribution in [-0.2, 0) is 9.53 Å². The number of hydrogen-bond donors (Lipinski definition) is 1. The summed E-state index contributed by atoms with van der Waals surface area (Å²) in [6.45, 7) is 2.33. The predicted molar refractivity (Wildman–Crippen MR) is 97.6 cm³/mol. The highest BCUT2D eigenvalue weighted by atomic mass is 16.5. The number of hydrogen-bond acceptors (Lipinski definition) is 4. The van der Waals surface area contributed by atoms with Gasteiger partial charge >= 0.3 is 5.97 Å².